The summed E-state index contributed by atoms with van der Waals surface area (Å²) in [5.41, 5.74) is 5.25. The van der Waals surface area contributed by atoms with E-state index in [4.69, 9.17) is 24.8 Å². The van der Waals surface area contributed by atoms with Crippen LogP contribution in [-0.4, -0.2) is 59.9 Å². The Hall–Kier alpha value is -1.52. The standard InChI is InChI=1S/C35H68NO10P/c1-3-5-6-7-8-9-10-11-12-13-14-15-16-17-18-19-20-21-22-23-24-25-26-27-34(38)46-31(28-43-33(37)4-2)29-44-47(41,42)45-30-32(36)35(39)40/h31-32H,3-30,36H2,1-2H3,(H,39,40)(H,41,42). The van der Waals surface area contributed by atoms with Crippen molar-refractivity contribution in [2.45, 2.75) is 187 Å². The van der Waals surface area contributed by atoms with Crippen molar-refractivity contribution in [1.82, 2.24) is 0 Å². The molecule has 12 heteroatoms. The molecular weight excluding hydrogens is 625 g/mol. The second-order valence-corrected chi connectivity index (χ2v) is 14.1. The number of ether oxygens (including phenoxy) is 2. The van der Waals surface area contributed by atoms with Crippen molar-refractivity contribution in [1.29, 1.82) is 0 Å². The summed E-state index contributed by atoms with van der Waals surface area (Å²) >= 11 is 0. The molecule has 0 amide bonds. The van der Waals surface area contributed by atoms with E-state index in [0.29, 0.717) is 6.42 Å². The number of carbonyl (C=O) groups is 3. The summed E-state index contributed by atoms with van der Waals surface area (Å²) in [5, 5.41) is 8.76. The molecule has 0 rings (SSSR count). The topological polar surface area (TPSA) is 172 Å². The summed E-state index contributed by atoms with van der Waals surface area (Å²) in [6, 6.07) is -1.51. The third-order valence-corrected chi connectivity index (χ3v) is 9.11. The van der Waals surface area contributed by atoms with Crippen LogP contribution in [0, 0.1) is 0 Å². The van der Waals surface area contributed by atoms with E-state index in [9.17, 15) is 23.8 Å². The van der Waals surface area contributed by atoms with E-state index in [1.807, 2.05) is 0 Å². The second-order valence-electron chi connectivity index (χ2n) is 12.7. The first-order valence-electron chi connectivity index (χ1n) is 18.6. The molecule has 4 N–H and O–H groups in total. The Kier molecular flexibility index (Phi) is 30.7. The van der Waals surface area contributed by atoms with Crippen LogP contribution in [0.3, 0.4) is 0 Å². The molecule has 278 valence electrons. The molecule has 0 aliphatic rings. The second kappa shape index (κ2) is 31.7. The van der Waals surface area contributed by atoms with Gasteiger partial charge in [-0.3, -0.25) is 23.4 Å². The van der Waals surface area contributed by atoms with E-state index in [2.05, 4.69) is 11.4 Å². The lowest BCUT2D eigenvalue weighted by molar-refractivity contribution is -0.161. The quantitative estimate of drug-likeness (QED) is 0.0329. The van der Waals surface area contributed by atoms with Crippen LogP contribution in [0.25, 0.3) is 0 Å². The number of carboxylic acid groups (broad SMARTS) is 1. The van der Waals surface area contributed by atoms with Gasteiger partial charge in [0.2, 0.25) is 0 Å². The number of esters is 2. The Morgan fingerprint density at radius 3 is 1.36 bits per heavy atom. The largest absolute Gasteiger partial charge is 0.480 e. The maximum Gasteiger partial charge on any atom is 0.472 e. The summed E-state index contributed by atoms with van der Waals surface area (Å²) in [4.78, 5) is 44.4. The molecule has 0 heterocycles. The Bertz CT molecular complexity index is 828. The van der Waals surface area contributed by atoms with Gasteiger partial charge in [0.25, 0.3) is 0 Å². The van der Waals surface area contributed by atoms with E-state index >= 15 is 0 Å². The first kappa shape index (κ1) is 45.5. The molecule has 3 atom stereocenters. The summed E-state index contributed by atoms with van der Waals surface area (Å²) in [5.74, 6) is -2.47. The van der Waals surface area contributed by atoms with Gasteiger partial charge in [-0.2, -0.15) is 0 Å². The Labute approximate surface area is 285 Å². The first-order valence-corrected chi connectivity index (χ1v) is 20.1. The fraction of sp³-hybridized carbons (Fsp3) is 0.914. The van der Waals surface area contributed by atoms with Gasteiger partial charge in [-0.1, -0.05) is 155 Å². The minimum absolute atomic E-state index is 0.107. The van der Waals surface area contributed by atoms with Gasteiger partial charge in [-0.15, -0.1) is 0 Å². The molecule has 0 aromatic carbocycles. The summed E-state index contributed by atoms with van der Waals surface area (Å²) in [6.07, 6.45) is 28.8. The highest BCUT2D eigenvalue weighted by molar-refractivity contribution is 7.47. The fourth-order valence-corrected chi connectivity index (χ4v) is 5.94. The van der Waals surface area contributed by atoms with Crippen molar-refractivity contribution in [2.24, 2.45) is 5.73 Å². The van der Waals surface area contributed by atoms with Gasteiger partial charge < -0.3 is 25.2 Å². The molecule has 3 unspecified atom stereocenters. The van der Waals surface area contributed by atoms with E-state index in [1.165, 1.54) is 122 Å². The molecule has 0 aliphatic heterocycles. The van der Waals surface area contributed by atoms with Crippen LogP contribution in [-0.2, 0) is 37.5 Å². The van der Waals surface area contributed by atoms with Gasteiger partial charge in [-0.05, 0) is 6.42 Å². The highest BCUT2D eigenvalue weighted by Gasteiger charge is 2.28. The zero-order chi connectivity index (χ0) is 35.0. The fourth-order valence-electron chi connectivity index (χ4n) is 5.16. The van der Waals surface area contributed by atoms with Crippen LogP contribution in [0.4, 0.5) is 0 Å². The van der Waals surface area contributed by atoms with Crippen LogP contribution in [0.2, 0.25) is 0 Å². The van der Waals surface area contributed by atoms with Gasteiger partial charge in [0.15, 0.2) is 6.10 Å². The average Bonchev–Trinajstić information content (AvgIpc) is 3.04. The van der Waals surface area contributed by atoms with E-state index < -0.39 is 51.1 Å². The third-order valence-electron chi connectivity index (χ3n) is 8.16. The van der Waals surface area contributed by atoms with Crippen molar-refractivity contribution in [2.75, 3.05) is 19.8 Å². The molecule has 0 fully saturated rings. The SMILES string of the molecule is CCCCCCCCCCCCCCCCCCCCCCCCCC(=O)OC(COC(=O)CC)COP(=O)(O)OCC(N)C(=O)O. The number of phosphoric ester groups is 1. The number of rotatable bonds is 35. The molecule has 0 spiro atoms. The van der Waals surface area contributed by atoms with Gasteiger partial charge in [0.05, 0.1) is 13.2 Å². The highest BCUT2D eigenvalue weighted by atomic mass is 31.2. The van der Waals surface area contributed by atoms with Crippen molar-refractivity contribution < 1.29 is 47.5 Å². The lowest BCUT2D eigenvalue weighted by atomic mass is 10.0. The smallest absolute Gasteiger partial charge is 0.472 e. The summed E-state index contributed by atoms with van der Waals surface area (Å²) in [6.45, 7) is 2.18. The monoisotopic (exact) mass is 693 g/mol. The van der Waals surface area contributed by atoms with Crippen LogP contribution < -0.4 is 5.73 Å². The van der Waals surface area contributed by atoms with Crippen molar-refractivity contribution >= 4 is 25.7 Å². The number of nitrogens with two attached hydrogens (primary N) is 1. The highest BCUT2D eigenvalue weighted by Crippen LogP contribution is 2.43. The van der Waals surface area contributed by atoms with E-state index in [-0.39, 0.29) is 19.4 Å². The average molecular weight is 694 g/mol. The molecule has 0 aliphatic carbocycles. The molecule has 0 saturated carbocycles. The zero-order valence-electron chi connectivity index (χ0n) is 29.6. The normalized spacial score (nSPS) is 14.0. The predicted molar refractivity (Wildman–Crippen MR) is 185 cm³/mol. The molecule has 0 aromatic rings. The van der Waals surface area contributed by atoms with Crippen LogP contribution in [0.1, 0.15) is 174 Å². The molecule has 47 heavy (non-hydrogen) atoms. The Balaban J connectivity index is 3.81. The Morgan fingerprint density at radius 1 is 0.596 bits per heavy atom. The number of aliphatic carboxylic acids is 1. The lowest BCUT2D eigenvalue weighted by Crippen LogP contribution is -2.34. The number of phosphoric acid groups is 1. The van der Waals surface area contributed by atoms with Crippen molar-refractivity contribution in [3.8, 4) is 0 Å². The van der Waals surface area contributed by atoms with Gasteiger partial charge in [0.1, 0.15) is 12.6 Å². The zero-order valence-corrected chi connectivity index (χ0v) is 30.5. The van der Waals surface area contributed by atoms with Gasteiger partial charge in [0, 0.05) is 12.8 Å². The molecule has 11 nitrogen and oxygen atoms in total. The van der Waals surface area contributed by atoms with Crippen LogP contribution in [0.15, 0.2) is 0 Å². The minimum atomic E-state index is -4.67. The molecule has 0 aromatic heterocycles. The number of unbranched alkanes of at least 4 members (excludes halogenated alkanes) is 22. The predicted octanol–water partition coefficient (Wildman–Crippen LogP) is 8.78. The summed E-state index contributed by atoms with van der Waals surface area (Å²) in [7, 11) is -4.67. The summed E-state index contributed by atoms with van der Waals surface area (Å²) < 4.78 is 31.7. The number of carbonyl (C=O) groups excluding carboxylic acids is 2. The number of hydrogen-bond donors (Lipinski definition) is 3. The van der Waals surface area contributed by atoms with E-state index in [0.717, 1.165) is 19.3 Å². The molecule has 0 saturated heterocycles. The van der Waals surface area contributed by atoms with E-state index in [1.54, 1.807) is 6.92 Å². The van der Waals surface area contributed by atoms with Crippen LogP contribution in [0.5, 0.6) is 0 Å². The first-order chi connectivity index (χ1) is 22.6. The van der Waals surface area contributed by atoms with Crippen LogP contribution >= 0.6 is 7.82 Å². The number of carboxylic acids is 1. The third kappa shape index (κ3) is 31.5. The maximum atomic E-state index is 12.3. The van der Waals surface area contributed by atoms with Crippen molar-refractivity contribution in [3.05, 3.63) is 0 Å². The Morgan fingerprint density at radius 2 is 0.979 bits per heavy atom. The molecular formula is C35H68NO10P. The van der Waals surface area contributed by atoms with Gasteiger partial charge >= 0.3 is 25.7 Å². The number of hydrogen-bond acceptors (Lipinski definition) is 9. The van der Waals surface area contributed by atoms with Gasteiger partial charge in [-0.25, -0.2) is 4.57 Å². The van der Waals surface area contributed by atoms with Crippen molar-refractivity contribution in [3.63, 3.8) is 0 Å². The molecule has 0 bridgehead atoms. The lowest BCUT2D eigenvalue weighted by Gasteiger charge is -2.20. The maximum absolute atomic E-state index is 12.3. The molecule has 0 radical (unpaired) electrons. The minimum Gasteiger partial charge on any atom is -0.480 e.